The Kier molecular flexibility index (Phi) is 47.6. The summed E-state index contributed by atoms with van der Waals surface area (Å²) in [7, 11) is 1.59. The first-order valence-corrected chi connectivity index (χ1v) is 28.9. The number of nitrogens with one attached hydrogen (secondary N) is 1. The van der Waals surface area contributed by atoms with Gasteiger partial charge in [0.25, 0.3) is 0 Å². The number of aliphatic hydroxyl groups is 1. The lowest BCUT2D eigenvalue weighted by molar-refractivity contribution is -0.870. The molecule has 0 aliphatic carbocycles. The maximum Gasteiger partial charge on any atom is 0.472 e. The Balaban J connectivity index is 3.93. The molecule has 9 heteroatoms. The molecule has 0 aromatic carbocycles. The quantitative estimate of drug-likeness (QED) is 0.0243. The smallest absolute Gasteiger partial charge is 0.391 e. The molecule has 0 rings (SSSR count). The van der Waals surface area contributed by atoms with Crippen molar-refractivity contribution in [3.8, 4) is 0 Å². The highest BCUT2D eigenvalue weighted by Gasteiger charge is 2.28. The molecule has 394 valence electrons. The van der Waals surface area contributed by atoms with Crippen molar-refractivity contribution >= 4 is 13.7 Å². The molecule has 0 bridgehead atoms. The standard InChI is InChI=1S/C60H103N2O6P/c1-6-8-10-12-14-15-16-17-18-19-20-21-22-23-24-25-26-27-28-29-30-31-32-33-34-35-36-37-38-39-40-41-42-43-44-45-46-47-48-50-52-54-60(64)61-58(59(63)53-51-49-13-11-9-7-2)57-68-69(65,66)67-56-55-62(3,4)5/h8,10,14-15,17-18,20-21,23-24,26-27,29-30,32-33,35-36,38-39,58-59,63H,6-7,9,11-13,16,19,22,25,28,31,34,37,40-57H2,1-5H3,(H-,61,64,65,66)/p+1/b10-8-,15-14-,18-17-,21-20-,24-23-,27-26-,30-29-,33-32-,36-35-,39-38-. The second-order valence-corrected chi connectivity index (χ2v) is 20.7. The lowest BCUT2D eigenvalue weighted by atomic mass is 10.0. The number of carbonyl (C=O) groups is 1. The van der Waals surface area contributed by atoms with Crippen LogP contribution in [-0.2, 0) is 18.4 Å². The van der Waals surface area contributed by atoms with E-state index in [0.717, 1.165) is 109 Å². The maximum atomic E-state index is 12.9. The van der Waals surface area contributed by atoms with Crippen LogP contribution in [-0.4, -0.2) is 73.4 Å². The second kappa shape index (κ2) is 49.9. The van der Waals surface area contributed by atoms with E-state index >= 15 is 0 Å². The van der Waals surface area contributed by atoms with Gasteiger partial charge in [-0.15, -0.1) is 0 Å². The average Bonchev–Trinajstić information content (AvgIpc) is 3.31. The SMILES string of the molecule is CC/C=C\C/C=C\C/C=C\C/C=C\C/C=C\C/C=C\C/C=C\C/C=C\C/C=C\C/C=C\CCCCCCCCCCCCC(=O)NC(COP(=O)(O)OCC[N+](C)(C)C)C(O)CCCCCCCC. The van der Waals surface area contributed by atoms with Gasteiger partial charge in [-0.1, -0.05) is 225 Å². The van der Waals surface area contributed by atoms with Crippen molar-refractivity contribution in [3.63, 3.8) is 0 Å². The zero-order chi connectivity index (χ0) is 50.6. The normalized spacial score (nSPS) is 14.9. The first kappa shape index (κ1) is 65.9. The molecule has 0 saturated heterocycles. The molecule has 0 radical (unpaired) electrons. The molecule has 69 heavy (non-hydrogen) atoms. The molecule has 0 spiro atoms. The van der Waals surface area contributed by atoms with Crippen molar-refractivity contribution in [1.29, 1.82) is 0 Å². The first-order valence-electron chi connectivity index (χ1n) is 27.4. The molecule has 0 aromatic heterocycles. The van der Waals surface area contributed by atoms with Crippen LogP contribution in [0, 0.1) is 0 Å². The largest absolute Gasteiger partial charge is 0.472 e. The first-order chi connectivity index (χ1) is 33.5. The number of hydrogen-bond donors (Lipinski definition) is 3. The molecule has 0 aliphatic heterocycles. The topological polar surface area (TPSA) is 105 Å². The van der Waals surface area contributed by atoms with Crippen LogP contribution >= 0.6 is 7.82 Å². The molecule has 3 N–H and O–H groups in total. The third-order valence-corrected chi connectivity index (χ3v) is 12.5. The third-order valence-electron chi connectivity index (χ3n) is 11.5. The Morgan fingerprint density at radius 2 is 0.870 bits per heavy atom. The number of aliphatic hydroxyl groups excluding tert-OH is 1. The van der Waals surface area contributed by atoms with Crippen molar-refractivity contribution in [2.45, 2.75) is 212 Å². The molecule has 0 aliphatic rings. The van der Waals surface area contributed by atoms with Gasteiger partial charge < -0.3 is 19.8 Å². The third kappa shape index (κ3) is 52.6. The van der Waals surface area contributed by atoms with Gasteiger partial charge in [0.2, 0.25) is 5.91 Å². The van der Waals surface area contributed by atoms with Crippen LogP contribution in [0.3, 0.4) is 0 Å². The van der Waals surface area contributed by atoms with Crippen LogP contribution in [0.4, 0.5) is 0 Å². The molecule has 3 atom stereocenters. The Labute approximate surface area is 424 Å². The van der Waals surface area contributed by atoms with Gasteiger partial charge in [-0.2, -0.15) is 0 Å². The van der Waals surface area contributed by atoms with Crippen LogP contribution in [0.1, 0.15) is 200 Å². The number of amides is 1. The highest BCUT2D eigenvalue weighted by Crippen LogP contribution is 2.43. The number of nitrogens with zero attached hydrogens (tertiary/aromatic N) is 1. The fourth-order valence-corrected chi connectivity index (χ4v) is 7.93. The molecular weight excluding hydrogens is 876 g/mol. The number of carbonyl (C=O) groups excluding carboxylic acids is 1. The van der Waals surface area contributed by atoms with E-state index in [4.69, 9.17) is 9.05 Å². The van der Waals surface area contributed by atoms with Crippen molar-refractivity contribution < 1.29 is 32.9 Å². The maximum absolute atomic E-state index is 12.9. The van der Waals surface area contributed by atoms with Crippen molar-refractivity contribution in [3.05, 3.63) is 122 Å². The second-order valence-electron chi connectivity index (χ2n) is 19.2. The number of unbranched alkanes of at least 4 members (excludes halogenated alkanes) is 15. The molecule has 0 fully saturated rings. The Bertz CT molecular complexity index is 1530. The number of rotatable bonds is 48. The minimum Gasteiger partial charge on any atom is -0.391 e. The van der Waals surface area contributed by atoms with E-state index in [1.54, 1.807) is 0 Å². The van der Waals surface area contributed by atoms with Crippen molar-refractivity contribution in [1.82, 2.24) is 5.32 Å². The van der Waals surface area contributed by atoms with E-state index in [1.165, 1.54) is 64.2 Å². The lowest BCUT2D eigenvalue weighted by Gasteiger charge is -2.26. The lowest BCUT2D eigenvalue weighted by Crippen LogP contribution is -2.46. The zero-order valence-corrected chi connectivity index (χ0v) is 45.6. The molecular formula is C60H104N2O6P+. The van der Waals surface area contributed by atoms with Gasteiger partial charge in [0, 0.05) is 6.42 Å². The summed E-state index contributed by atoms with van der Waals surface area (Å²) in [5.74, 6) is -0.160. The van der Waals surface area contributed by atoms with Gasteiger partial charge in [-0.25, -0.2) is 4.57 Å². The zero-order valence-electron chi connectivity index (χ0n) is 44.8. The summed E-state index contributed by atoms with van der Waals surface area (Å²) in [4.78, 5) is 23.1. The van der Waals surface area contributed by atoms with Crippen LogP contribution < -0.4 is 5.32 Å². The Hall–Kier alpha value is -3.10. The number of likely N-dealkylation sites (N-methyl/N-ethyl adjacent to an activating group) is 1. The van der Waals surface area contributed by atoms with Crippen molar-refractivity contribution in [2.75, 3.05) is 40.9 Å². The monoisotopic (exact) mass is 980 g/mol. The van der Waals surface area contributed by atoms with Crippen LogP contribution in [0.5, 0.6) is 0 Å². The number of phosphoric ester groups is 1. The van der Waals surface area contributed by atoms with Gasteiger partial charge in [0.15, 0.2) is 0 Å². The van der Waals surface area contributed by atoms with Gasteiger partial charge in [0.1, 0.15) is 13.2 Å². The van der Waals surface area contributed by atoms with Gasteiger partial charge >= 0.3 is 7.82 Å². The van der Waals surface area contributed by atoms with E-state index in [0.29, 0.717) is 23.9 Å². The minimum atomic E-state index is -4.31. The highest BCUT2D eigenvalue weighted by molar-refractivity contribution is 7.47. The molecule has 8 nitrogen and oxygen atoms in total. The van der Waals surface area contributed by atoms with E-state index in [9.17, 15) is 19.4 Å². The number of hydrogen-bond acceptors (Lipinski definition) is 5. The minimum absolute atomic E-state index is 0.0678. The number of quaternary nitrogens is 1. The van der Waals surface area contributed by atoms with Gasteiger partial charge in [0.05, 0.1) is 39.9 Å². The van der Waals surface area contributed by atoms with E-state index < -0.39 is 20.0 Å². The predicted octanol–water partition coefficient (Wildman–Crippen LogP) is 16.6. The van der Waals surface area contributed by atoms with E-state index in [2.05, 4.69) is 141 Å². The van der Waals surface area contributed by atoms with Crippen molar-refractivity contribution in [2.24, 2.45) is 0 Å². The van der Waals surface area contributed by atoms with E-state index in [-0.39, 0.29) is 19.1 Å². The fourth-order valence-electron chi connectivity index (χ4n) is 7.19. The van der Waals surface area contributed by atoms with Crippen LogP contribution in [0.2, 0.25) is 0 Å². The summed E-state index contributed by atoms with van der Waals surface area (Å²) < 4.78 is 23.5. The Morgan fingerprint density at radius 3 is 1.28 bits per heavy atom. The summed E-state index contributed by atoms with van der Waals surface area (Å²) in [5.41, 5.74) is 0. The van der Waals surface area contributed by atoms with Crippen LogP contribution in [0.25, 0.3) is 0 Å². The number of phosphoric acid groups is 1. The molecule has 0 saturated carbocycles. The highest BCUT2D eigenvalue weighted by atomic mass is 31.2. The molecule has 3 unspecified atom stereocenters. The van der Waals surface area contributed by atoms with Gasteiger partial charge in [-0.05, 0) is 89.9 Å². The Morgan fingerprint density at radius 1 is 0.507 bits per heavy atom. The molecule has 0 heterocycles. The van der Waals surface area contributed by atoms with E-state index in [1.807, 2.05) is 21.1 Å². The summed E-state index contributed by atoms with van der Waals surface area (Å²) in [6, 6.07) is -0.766. The molecule has 0 aromatic rings. The predicted molar refractivity (Wildman–Crippen MR) is 299 cm³/mol. The van der Waals surface area contributed by atoms with Crippen LogP contribution in [0.15, 0.2) is 122 Å². The summed E-state index contributed by atoms with van der Waals surface area (Å²) in [6.07, 6.45) is 74.4. The number of allylic oxidation sites excluding steroid dienone is 20. The summed E-state index contributed by atoms with van der Waals surface area (Å²) >= 11 is 0. The fraction of sp³-hybridized carbons (Fsp3) is 0.650. The molecule has 1 amide bonds. The average molecular weight is 980 g/mol. The summed E-state index contributed by atoms with van der Waals surface area (Å²) in [6.45, 7) is 4.68. The summed E-state index contributed by atoms with van der Waals surface area (Å²) in [5, 5.41) is 13.8. The van der Waals surface area contributed by atoms with Gasteiger partial charge in [-0.3, -0.25) is 13.8 Å².